The summed E-state index contributed by atoms with van der Waals surface area (Å²) >= 11 is 0. The van der Waals surface area contributed by atoms with Crippen LogP contribution in [0.3, 0.4) is 0 Å². The number of amides is 2. The maximum atomic E-state index is 12.1. The molecule has 0 heterocycles. The topological polar surface area (TPSA) is 67.4 Å². The zero-order valence-electron chi connectivity index (χ0n) is 15.5. The smallest absolute Gasteiger partial charge is 0.309 e. The molecule has 1 aromatic rings. The van der Waals surface area contributed by atoms with E-state index in [0.29, 0.717) is 13.1 Å². The Morgan fingerprint density at radius 3 is 2.38 bits per heavy atom. The average Bonchev–Trinajstić information content (AvgIpc) is 3.06. The molecule has 2 amide bonds. The lowest BCUT2D eigenvalue weighted by atomic mass is 9.97. The van der Waals surface area contributed by atoms with Crippen LogP contribution in [0.4, 0.5) is 0 Å². The number of carbonyl (C=O) groups is 2. The van der Waals surface area contributed by atoms with Gasteiger partial charge >= 0.3 is 11.8 Å². The summed E-state index contributed by atoms with van der Waals surface area (Å²) in [7, 11) is 1.66. The molecule has 1 aromatic carbocycles. The molecule has 0 atom stereocenters. The lowest BCUT2D eigenvalue weighted by molar-refractivity contribution is -0.140. The van der Waals surface area contributed by atoms with Crippen LogP contribution in [0, 0.1) is 0 Å². The lowest BCUT2D eigenvalue weighted by Gasteiger charge is -2.27. The van der Waals surface area contributed by atoms with Crippen LogP contribution in [0.5, 0.6) is 0 Å². The molecule has 0 saturated carbocycles. The van der Waals surface area contributed by atoms with Crippen LogP contribution in [0.1, 0.15) is 43.2 Å². The highest BCUT2D eigenvalue weighted by molar-refractivity contribution is 6.35. The van der Waals surface area contributed by atoms with Gasteiger partial charge < -0.3 is 15.4 Å². The molecule has 0 bridgehead atoms. The Labute approximate surface area is 155 Å². The number of carbonyl (C=O) groups excluding carboxylic acids is 2. The summed E-state index contributed by atoms with van der Waals surface area (Å²) in [5.41, 5.74) is 3.41. The fourth-order valence-corrected chi connectivity index (χ4v) is 3.87. The Kier molecular flexibility index (Phi) is 6.09. The molecule has 0 aliphatic heterocycles. The van der Waals surface area contributed by atoms with E-state index < -0.39 is 17.4 Å². The predicted octanol–water partition coefficient (Wildman–Crippen LogP) is 2.29. The minimum absolute atomic E-state index is 0.329. The summed E-state index contributed by atoms with van der Waals surface area (Å²) in [6.45, 7) is 0.842. The first kappa shape index (κ1) is 18.6. The number of rotatable bonds is 6. The molecule has 3 rings (SSSR count). The van der Waals surface area contributed by atoms with E-state index in [1.807, 2.05) is 12.1 Å². The van der Waals surface area contributed by atoms with Gasteiger partial charge in [-0.05, 0) is 43.2 Å². The number of allylic oxidation sites excluding steroid dienone is 1. The van der Waals surface area contributed by atoms with Crippen molar-refractivity contribution in [3.63, 3.8) is 0 Å². The van der Waals surface area contributed by atoms with Crippen molar-refractivity contribution in [2.24, 2.45) is 0 Å². The van der Waals surface area contributed by atoms with Crippen molar-refractivity contribution in [2.75, 3.05) is 20.2 Å². The third-order valence-corrected chi connectivity index (χ3v) is 5.47. The zero-order chi connectivity index (χ0) is 18.4. The second-order valence-electron chi connectivity index (χ2n) is 7.31. The van der Waals surface area contributed by atoms with Crippen molar-refractivity contribution < 1.29 is 14.3 Å². The van der Waals surface area contributed by atoms with Gasteiger partial charge in [-0.2, -0.15) is 0 Å². The summed E-state index contributed by atoms with van der Waals surface area (Å²) in [6, 6.07) is 8.20. The Morgan fingerprint density at radius 2 is 1.77 bits per heavy atom. The molecule has 0 fully saturated rings. The Bertz CT molecular complexity index is 671. The summed E-state index contributed by atoms with van der Waals surface area (Å²) in [5.74, 6) is -1.15. The van der Waals surface area contributed by atoms with Gasteiger partial charge in [0, 0.05) is 33.0 Å². The van der Waals surface area contributed by atoms with Crippen LogP contribution in [0.2, 0.25) is 0 Å². The highest BCUT2D eigenvalue weighted by atomic mass is 16.5. The molecule has 5 heteroatoms. The second kappa shape index (κ2) is 8.49. The largest absolute Gasteiger partial charge is 0.376 e. The summed E-state index contributed by atoms with van der Waals surface area (Å²) in [6.07, 6.45) is 9.30. The first-order chi connectivity index (χ1) is 12.6. The molecule has 2 N–H and O–H groups in total. The number of fused-ring (bicyclic) bond motifs is 1. The minimum atomic E-state index is -0.588. The molecule has 5 nitrogen and oxygen atoms in total. The first-order valence-electron chi connectivity index (χ1n) is 9.48. The Morgan fingerprint density at radius 1 is 1.08 bits per heavy atom. The van der Waals surface area contributed by atoms with Crippen LogP contribution in [0.15, 0.2) is 35.9 Å². The van der Waals surface area contributed by atoms with Crippen molar-refractivity contribution in [3.8, 4) is 0 Å². The highest BCUT2D eigenvalue weighted by Crippen LogP contribution is 2.32. The number of methoxy groups -OCH3 is 1. The molecular formula is C21H28N2O3. The Balaban J connectivity index is 1.44. The monoisotopic (exact) mass is 356 g/mol. The molecule has 0 spiro atoms. The standard InChI is InChI=1S/C21H28N2O3/c1-26-21(13-17-9-5-6-10-18(17)14-21)15-23-20(25)19(24)22-12-11-16-7-3-2-4-8-16/h5-7,9-10H,2-4,8,11-15H2,1H3,(H,22,24)(H,23,25). The molecule has 2 aliphatic carbocycles. The van der Waals surface area contributed by atoms with Crippen molar-refractivity contribution in [1.82, 2.24) is 10.6 Å². The van der Waals surface area contributed by atoms with E-state index in [2.05, 4.69) is 28.8 Å². The third-order valence-electron chi connectivity index (χ3n) is 5.47. The van der Waals surface area contributed by atoms with Gasteiger partial charge in [-0.25, -0.2) is 0 Å². The SMILES string of the molecule is COC1(CNC(=O)C(=O)NCCC2=CCCCC2)Cc2ccccc2C1. The fourth-order valence-electron chi connectivity index (χ4n) is 3.87. The van der Waals surface area contributed by atoms with Crippen molar-refractivity contribution in [3.05, 3.63) is 47.0 Å². The van der Waals surface area contributed by atoms with Gasteiger partial charge in [-0.3, -0.25) is 9.59 Å². The predicted molar refractivity (Wildman–Crippen MR) is 101 cm³/mol. The van der Waals surface area contributed by atoms with Crippen molar-refractivity contribution >= 4 is 11.8 Å². The molecule has 26 heavy (non-hydrogen) atoms. The van der Waals surface area contributed by atoms with Gasteiger partial charge in [0.1, 0.15) is 0 Å². The van der Waals surface area contributed by atoms with E-state index in [0.717, 1.165) is 32.1 Å². The fraction of sp³-hybridized carbons (Fsp3) is 0.524. The van der Waals surface area contributed by atoms with Crippen molar-refractivity contribution in [1.29, 1.82) is 0 Å². The summed E-state index contributed by atoms with van der Waals surface area (Å²) < 4.78 is 5.72. The van der Waals surface area contributed by atoms with E-state index in [9.17, 15) is 9.59 Å². The van der Waals surface area contributed by atoms with Gasteiger partial charge in [0.2, 0.25) is 0 Å². The highest BCUT2D eigenvalue weighted by Gasteiger charge is 2.37. The maximum absolute atomic E-state index is 12.1. The lowest BCUT2D eigenvalue weighted by Crippen LogP contribution is -2.49. The first-order valence-corrected chi connectivity index (χ1v) is 9.48. The van der Waals surface area contributed by atoms with E-state index in [1.165, 1.54) is 29.5 Å². The molecule has 0 saturated heterocycles. The third kappa shape index (κ3) is 4.52. The molecule has 140 valence electrons. The molecular weight excluding hydrogens is 328 g/mol. The van der Waals surface area contributed by atoms with E-state index in [4.69, 9.17) is 4.74 Å². The average molecular weight is 356 g/mol. The number of nitrogens with one attached hydrogen (secondary N) is 2. The Hall–Kier alpha value is -2.14. The van der Waals surface area contributed by atoms with E-state index >= 15 is 0 Å². The zero-order valence-corrected chi connectivity index (χ0v) is 15.5. The van der Waals surface area contributed by atoms with Crippen LogP contribution in [0.25, 0.3) is 0 Å². The van der Waals surface area contributed by atoms with Crippen molar-refractivity contribution in [2.45, 2.75) is 50.5 Å². The molecule has 2 aliphatic rings. The van der Waals surface area contributed by atoms with Crippen LogP contribution >= 0.6 is 0 Å². The van der Waals surface area contributed by atoms with Gasteiger partial charge in [-0.1, -0.05) is 35.9 Å². The van der Waals surface area contributed by atoms with Gasteiger partial charge in [0.25, 0.3) is 0 Å². The number of benzene rings is 1. The van der Waals surface area contributed by atoms with E-state index in [1.54, 1.807) is 7.11 Å². The van der Waals surface area contributed by atoms with Gasteiger partial charge in [0.05, 0.1) is 5.60 Å². The molecule has 0 unspecified atom stereocenters. The molecule has 0 aromatic heterocycles. The quantitative estimate of drug-likeness (QED) is 0.607. The van der Waals surface area contributed by atoms with Gasteiger partial charge in [-0.15, -0.1) is 0 Å². The molecule has 0 radical (unpaired) electrons. The van der Waals surface area contributed by atoms with Crippen LogP contribution in [-0.4, -0.2) is 37.6 Å². The summed E-state index contributed by atoms with van der Waals surface area (Å²) in [4.78, 5) is 24.1. The van der Waals surface area contributed by atoms with Gasteiger partial charge in [0.15, 0.2) is 0 Å². The minimum Gasteiger partial charge on any atom is -0.376 e. The summed E-state index contributed by atoms with van der Waals surface area (Å²) in [5, 5.41) is 5.47. The maximum Gasteiger partial charge on any atom is 0.309 e. The van der Waals surface area contributed by atoms with Crippen LogP contribution in [-0.2, 0) is 27.2 Å². The van der Waals surface area contributed by atoms with E-state index in [-0.39, 0.29) is 0 Å². The van der Waals surface area contributed by atoms with Crippen LogP contribution < -0.4 is 10.6 Å². The number of ether oxygens (including phenoxy) is 1. The normalized spacial score (nSPS) is 18.0. The number of hydrogen-bond acceptors (Lipinski definition) is 3. The second-order valence-corrected chi connectivity index (χ2v) is 7.31. The number of hydrogen-bond donors (Lipinski definition) is 2.